The Morgan fingerprint density at radius 3 is 2.42 bits per heavy atom. The summed E-state index contributed by atoms with van der Waals surface area (Å²) in [6.45, 7) is 9.82. The standard InChI is InChI=1S/C25H33N3O3/c1-6-25(4,5)31-16-23(29)28-21-10-8-7-9-18(21)11-12-19-13-14-20(15-22(19)28)27-24(30)26-17(2)3/h7-10,13-15,17H,6,11-12,16H2,1-5H3,(H2,26,27,30). The summed E-state index contributed by atoms with van der Waals surface area (Å²) in [6.07, 6.45) is 2.47. The summed E-state index contributed by atoms with van der Waals surface area (Å²) in [5, 5.41) is 5.70. The van der Waals surface area contributed by atoms with Crippen LogP contribution in [0.25, 0.3) is 0 Å². The van der Waals surface area contributed by atoms with E-state index in [1.165, 1.54) is 0 Å². The molecule has 0 aliphatic carbocycles. The van der Waals surface area contributed by atoms with Gasteiger partial charge in [-0.3, -0.25) is 9.69 Å². The van der Waals surface area contributed by atoms with Crippen molar-refractivity contribution in [2.75, 3.05) is 16.8 Å². The van der Waals surface area contributed by atoms with Crippen LogP contribution in [0.2, 0.25) is 0 Å². The van der Waals surface area contributed by atoms with Gasteiger partial charge in [0.25, 0.3) is 5.91 Å². The van der Waals surface area contributed by atoms with Crippen LogP contribution >= 0.6 is 0 Å². The van der Waals surface area contributed by atoms with Crippen molar-refractivity contribution in [1.29, 1.82) is 0 Å². The van der Waals surface area contributed by atoms with Gasteiger partial charge in [0.15, 0.2) is 0 Å². The Balaban J connectivity index is 1.97. The lowest BCUT2D eigenvalue weighted by Crippen LogP contribution is -2.35. The number of nitrogens with one attached hydrogen (secondary N) is 2. The number of carbonyl (C=O) groups excluding carboxylic acids is 2. The number of urea groups is 1. The van der Waals surface area contributed by atoms with E-state index < -0.39 is 0 Å². The molecule has 0 fully saturated rings. The Kier molecular flexibility index (Phi) is 7.01. The van der Waals surface area contributed by atoms with Crippen LogP contribution in [-0.2, 0) is 22.4 Å². The zero-order chi connectivity index (χ0) is 22.6. The van der Waals surface area contributed by atoms with Crippen molar-refractivity contribution >= 4 is 29.0 Å². The molecule has 2 N–H and O–H groups in total. The number of nitrogens with zero attached hydrogens (tertiary/aromatic N) is 1. The molecule has 0 spiro atoms. The van der Waals surface area contributed by atoms with Gasteiger partial charge in [0.05, 0.1) is 17.0 Å². The third kappa shape index (κ3) is 5.64. The fourth-order valence-corrected chi connectivity index (χ4v) is 3.52. The van der Waals surface area contributed by atoms with Gasteiger partial charge in [-0.1, -0.05) is 31.2 Å². The van der Waals surface area contributed by atoms with Crippen molar-refractivity contribution in [3.63, 3.8) is 0 Å². The van der Waals surface area contributed by atoms with Crippen molar-refractivity contribution in [2.45, 2.75) is 65.5 Å². The first-order chi connectivity index (χ1) is 14.7. The summed E-state index contributed by atoms with van der Waals surface area (Å²) in [5.74, 6) is -0.124. The van der Waals surface area contributed by atoms with Crippen molar-refractivity contribution in [1.82, 2.24) is 5.32 Å². The number of para-hydroxylation sites is 1. The number of benzene rings is 2. The molecule has 3 rings (SSSR count). The molecule has 2 aromatic rings. The van der Waals surface area contributed by atoms with E-state index in [0.717, 1.165) is 41.8 Å². The molecule has 6 nitrogen and oxygen atoms in total. The molecule has 1 aliphatic heterocycles. The Labute approximate surface area is 185 Å². The fourth-order valence-electron chi connectivity index (χ4n) is 3.52. The molecule has 31 heavy (non-hydrogen) atoms. The van der Waals surface area contributed by atoms with Gasteiger partial charge in [0.1, 0.15) is 6.61 Å². The third-order valence-electron chi connectivity index (χ3n) is 5.59. The van der Waals surface area contributed by atoms with E-state index in [2.05, 4.69) is 16.7 Å². The Morgan fingerprint density at radius 1 is 1.06 bits per heavy atom. The molecule has 1 aliphatic rings. The first kappa shape index (κ1) is 22.8. The normalized spacial score (nSPS) is 13.3. The average Bonchev–Trinajstić information content (AvgIpc) is 2.88. The minimum atomic E-state index is -0.373. The van der Waals surface area contributed by atoms with Gasteiger partial charge >= 0.3 is 6.03 Å². The second-order valence-corrected chi connectivity index (χ2v) is 8.86. The van der Waals surface area contributed by atoms with Crippen molar-refractivity contribution in [2.24, 2.45) is 0 Å². The lowest BCUT2D eigenvalue weighted by atomic mass is 10.0. The Morgan fingerprint density at radius 2 is 1.74 bits per heavy atom. The molecule has 0 aromatic heterocycles. The van der Waals surface area contributed by atoms with Crippen LogP contribution < -0.4 is 15.5 Å². The Hall–Kier alpha value is -2.86. The maximum atomic E-state index is 13.4. The molecule has 6 heteroatoms. The van der Waals surface area contributed by atoms with E-state index in [-0.39, 0.29) is 30.2 Å². The van der Waals surface area contributed by atoms with Crippen LogP contribution in [0.15, 0.2) is 42.5 Å². The predicted molar refractivity (Wildman–Crippen MR) is 125 cm³/mol. The molecule has 0 saturated heterocycles. The number of aryl methyl sites for hydroxylation is 2. The fraction of sp³-hybridized carbons (Fsp3) is 0.440. The van der Waals surface area contributed by atoms with Crippen LogP contribution in [0.4, 0.5) is 21.9 Å². The van der Waals surface area contributed by atoms with Crippen LogP contribution in [-0.4, -0.2) is 30.2 Å². The van der Waals surface area contributed by atoms with Crippen molar-refractivity contribution in [3.8, 4) is 0 Å². The molecular formula is C25H33N3O3. The van der Waals surface area contributed by atoms with E-state index in [4.69, 9.17) is 4.74 Å². The number of fused-ring (bicyclic) bond motifs is 2. The summed E-state index contributed by atoms with van der Waals surface area (Å²) in [7, 11) is 0. The molecule has 3 amide bonds. The van der Waals surface area contributed by atoms with Gasteiger partial charge in [-0.15, -0.1) is 0 Å². The van der Waals surface area contributed by atoms with E-state index in [0.29, 0.717) is 5.69 Å². The number of anilines is 3. The first-order valence-corrected chi connectivity index (χ1v) is 11.0. The molecule has 0 unspecified atom stereocenters. The molecule has 0 saturated carbocycles. The SMILES string of the molecule is CCC(C)(C)OCC(=O)N1c2ccccc2CCc2ccc(NC(=O)NC(C)C)cc21. The average molecular weight is 424 g/mol. The smallest absolute Gasteiger partial charge is 0.319 e. The van der Waals surface area contributed by atoms with Crippen LogP contribution in [0.5, 0.6) is 0 Å². The van der Waals surface area contributed by atoms with Crippen LogP contribution in [0.1, 0.15) is 52.2 Å². The highest BCUT2D eigenvalue weighted by atomic mass is 16.5. The highest BCUT2D eigenvalue weighted by Crippen LogP contribution is 2.37. The number of carbonyl (C=O) groups is 2. The number of rotatable bonds is 6. The predicted octanol–water partition coefficient (Wildman–Crippen LogP) is 5.19. The second-order valence-electron chi connectivity index (χ2n) is 8.86. The van der Waals surface area contributed by atoms with Gasteiger partial charge in [0, 0.05) is 11.7 Å². The summed E-state index contributed by atoms with van der Waals surface area (Å²) in [6, 6.07) is 13.5. The first-order valence-electron chi connectivity index (χ1n) is 11.0. The van der Waals surface area contributed by atoms with E-state index in [1.807, 2.05) is 71.0 Å². The van der Waals surface area contributed by atoms with Gasteiger partial charge in [-0.2, -0.15) is 0 Å². The highest BCUT2D eigenvalue weighted by molar-refractivity contribution is 6.04. The topological polar surface area (TPSA) is 70.7 Å². The number of hydrogen-bond acceptors (Lipinski definition) is 3. The summed E-state index contributed by atoms with van der Waals surface area (Å²) >= 11 is 0. The molecular weight excluding hydrogens is 390 g/mol. The lowest BCUT2D eigenvalue weighted by Gasteiger charge is -2.28. The van der Waals surface area contributed by atoms with Crippen LogP contribution in [0, 0.1) is 0 Å². The van der Waals surface area contributed by atoms with Gasteiger partial charge in [-0.25, -0.2) is 4.79 Å². The Bertz CT molecular complexity index is 953. The number of hydrogen-bond donors (Lipinski definition) is 2. The van der Waals surface area contributed by atoms with Crippen LogP contribution in [0.3, 0.4) is 0 Å². The summed E-state index contributed by atoms with van der Waals surface area (Å²) in [5.41, 5.74) is 4.11. The van der Waals surface area contributed by atoms with Crippen molar-refractivity contribution in [3.05, 3.63) is 53.6 Å². The van der Waals surface area contributed by atoms with Crippen molar-refractivity contribution < 1.29 is 14.3 Å². The monoisotopic (exact) mass is 423 g/mol. The zero-order valence-corrected chi connectivity index (χ0v) is 19.1. The third-order valence-corrected chi connectivity index (χ3v) is 5.59. The lowest BCUT2D eigenvalue weighted by molar-refractivity contribution is -0.128. The molecule has 0 atom stereocenters. The highest BCUT2D eigenvalue weighted by Gasteiger charge is 2.28. The quantitative estimate of drug-likeness (QED) is 0.672. The molecule has 0 radical (unpaired) electrons. The van der Waals surface area contributed by atoms with Gasteiger partial charge in [-0.05, 0) is 76.3 Å². The summed E-state index contributed by atoms with van der Waals surface area (Å²) < 4.78 is 5.93. The minimum Gasteiger partial charge on any atom is -0.366 e. The minimum absolute atomic E-state index is 0.0138. The molecule has 0 bridgehead atoms. The second kappa shape index (κ2) is 9.52. The maximum absolute atomic E-state index is 13.4. The molecule has 1 heterocycles. The maximum Gasteiger partial charge on any atom is 0.319 e. The molecule has 2 aromatic carbocycles. The number of amides is 3. The van der Waals surface area contributed by atoms with E-state index in [9.17, 15) is 9.59 Å². The van der Waals surface area contributed by atoms with Gasteiger partial charge < -0.3 is 15.4 Å². The van der Waals surface area contributed by atoms with E-state index in [1.54, 1.807) is 4.90 Å². The van der Waals surface area contributed by atoms with Gasteiger partial charge in [0.2, 0.25) is 0 Å². The molecule has 166 valence electrons. The summed E-state index contributed by atoms with van der Waals surface area (Å²) in [4.78, 5) is 27.4. The largest absolute Gasteiger partial charge is 0.366 e. The number of ether oxygens (including phenoxy) is 1. The zero-order valence-electron chi connectivity index (χ0n) is 19.1. The van der Waals surface area contributed by atoms with E-state index >= 15 is 0 Å².